The zero-order chi connectivity index (χ0) is 9.40. The van der Waals surface area contributed by atoms with Crippen molar-refractivity contribution in [1.82, 2.24) is 0 Å². The van der Waals surface area contributed by atoms with Crippen molar-refractivity contribution in [2.24, 2.45) is 0 Å². The van der Waals surface area contributed by atoms with Crippen LogP contribution in [0, 0.1) is 0 Å². The average Bonchev–Trinajstić information content (AvgIpc) is 2.04. The summed E-state index contributed by atoms with van der Waals surface area (Å²) >= 11 is 0. The lowest BCUT2D eigenvalue weighted by Crippen LogP contribution is -2.20. The second kappa shape index (κ2) is 7.28. The number of ether oxygens (including phenoxy) is 3. The van der Waals surface area contributed by atoms with E-state index in [1.807, 2.05) is 6.92 Å². The van der Waals surface area contributed by atoms with Gasteiger partial charge in [-0.15, -0.1) is 6.58 Å². The van der Waals surface area contributed by atoms with Crippen LogP contribution in [-0.2, 0) is 14.2 Å². The third kappa shape index (κ3) is 6.34. The molecule has 0 aliphatic rings. The second-order valence-electron chi connectivity index (χ2n) is 2.68. The van der Waals surface area contributed by atoms with Crippen LogP contribution in [0.25, 0.3) is 0 Å². The van der Waals surface area contributed by atoms with E-state index in [1.165, 1.54) is 0 Å². The van der Waals surface area contributed by atoms with E-state index < -0.39 is 0 Å². The molecule has 0 bridgehead atoms. The maximum absolute atomic E-state index is 5.28. The van der Waals surface area contributed by atoms with Gasteiger partial charge in [0.05, 0.1) is 13.2 Å². The average molecular weight is 174 g/mol. The molecule has 0 unspecified atom stereocenters. The molecule has 0 saturated heterocycles. The highest BCUT2D eigenvalue weighted by molar-refractivity contribution is 4.87. The Kier molecular flexibility index (Phi) is 7.05. The lowest BCUT2D eigenvalue weighted by atomic mass is 10.3. The normalized spacial score (nSPS) is 10.7. The molecule has 0 aromatic carbocycles. The zero-order valence-corrected chi connectivity index (χ0v) is 8.13. The van der Waals surface area contributed by atoms with Crippen LogP contribution >= 0.6 is 0 Å². The molecule has 0 amide bonds. The number of methoxy groups -OCH3 is 2. The summed E-state index contributed by atoms with van der Waals surface area (Å²) in [6.07, 6.45) is 0.635. The molecule has 0 saturated carbocycles. The summed E-state index contributed by atoms with van der Waals surface area (Å²) in [6, 6.07) is 0. The van der Waals surface area contributed by atoms with E-state index in [1.54, 1.807) is 14.2 Å². The molecule has 0 aliphatic heterocycles. The first-order valence-electron chi connectivity index (χ1n) is 3.98. The Hall–Kier alpha value is -0.380. The summed E-state index contributed by atoms with van der Waals surface area (Å²) in [5.74, 6) is 0. The molecular weight excluding hydrogens is 156 g/mol. The Morgan fingerprint density at radius 2 is 1.92 bits per heavy atom. The lowest BCUT2D eigenvalue weighted by Gasteiger charge is -2.13. The first-order valence-corrected chi connectivity index (χ1v) is 3.98. The molecule has 0 radical (unpaired) electrons. The first-order chi connectivity index (χ1) is 5.70. The third-order valence-electron chi connectivity index (χ3n) is 1.45. The fourth-order valence-electron chi connectivity index (χ4n) is 0.658. The minimum absolute atomic E-state index is 0.255. The van der Waals surface area contributed by atoms with Crippen LogP contribution < -0.4 is 0 Å². The fraction of sp³-hybridized carbons (Fsp3) is 0.778. The van der Waals surface area contributed by atoms with Crippen LogP contribution in [0.4, 0.5) is 0 Å². The van der Waals surface area contributed by atoms with Gasteiger partial charge in [0.25, 0.3) is 0 Å². The first kappa shape index (κ1) is 11.6. The standard InChI is InChI=1S/C9H18O3/c1-8(2)5-6-12-7-9(10-3)11-4/h9H,1,5-7H2,2-4H3. The predicted molar refractivity (Wildman–Crippen MR) is 48.1 cm³/mol. The van der Waals surface area contributed by atoms with Crippen LogP contribution in [0.3, 0.4) is 0 Å². The Bertz CT molecular complexity index is 119. The van der Waals surface area contributed by atoms with E-state index in [4.69, 9.17) is 14.2 Å². The molecular formula is C9H18O3. The number of rotatable bonds is 7. The van der Waals surface area contributed by atoms with E-state index in [-0.39, 0.29) is 6.29 Å². The van der Waals surface area contributed by atoms with Gasteiger partial charge in [-0.1, -0.05) is 5.57 Å². The van der Waals surface area contributed by atoms with Crippen molar-refractivity contribution in [3.63, 3.8) is 0 Å². The maximum Gasteiger partial charge on any atom is 0.180 e. The van der Waals surface area contributed by atoms with Gasteiger partial charge >= 0.3 is 0 Å². The van der Waals surface area contributed by atoms with Crippen LogP contribution in [0.2, 0.25) is 0 Å². The molecule has 0 fully saturated rings. The Balaban J connectivity index is 3.23. The van der Waals surface area contributed by atoms with Gasteiger partial charge in [0, 0.05) is 14.2 Å². The molecule has 0 heterocycles. The minimum Gasteiger partial charge on any atom is -0.376 e. The highest BCUT2D eigenvalue weighted by atomic mass is 16.7. The third-order valence-corrected chi connectivity index (χ3v) is 1.45. The maximum atomic E-state index is 5.28. The van der Waals surface area contributed by atoms with Gasteiger partial charge in [0.15, 0.2) is 6.29 Å². The molecule has 0 aromatic rings. The van der Waals surface area contributed by atoms with Crippen LogP contribution in [0.1, 0.15) is 13.3 Å². The van der Waals surface area contributed by atoms with Gasteiger partial charge < -0.3 is 14.2 Å². The molecule has 72 valence electrons. The van der Waals surface area contributed by atoms with Crippen molar-refractivity contribution in [3.05, 3.63) is 12.2 Å². The summed E-state index contributed by atoms with van der Waals surface area (Å²) < 4.78 is 15.2. The van der Waals surface area contributed by atoms with E-state index in [0.717, 1.165) is 12.0 Å². The molecule has 0 spiro atoms. The van der Waals surface area contributed by atoms with E-state index in [0.29, 0.717) is 13.2 Å². The molecule has 0 N–H and O–H groups in total. The lowest BCUT2D eigenvalue weighted by molar-refractivity contribution is -0.139. The van der Waals surface area contributed by atoms with Gasteiger partial charge in [-0.3, -0.25) is 0 Å². The van der Waals surface area contributed by atoms with Crippen molar-refractivity contribution >= 4 is 0 Å². The quantitative estimate of drug-likeness (QED) is 0.333. The number of hydrogen-bond donors (Lipinski definition) is 0. The van der Waals surface area contributed by atoms with Gasteiger partial charge in [-0.25, -0.2) is 0 Å². The Labute approximate surface area is 74.3 Å². The largest absolute Gasteiger partial charge is 0.376 e. The summed E-state index contributed by atoms with van der Waals surface area (Å²) in [5, 5.41) is 0. The molecule has 3 heteroatoms. The van der Waals surface area contributed by atoms with Gasteiger partial charge in [0.2, 0.25) is 0 Å². The van der Waals surface area contributed by atoms with Crippen molar-refractivity contribution < 1.29 is 14.2 Å². The van der Waals surface area contributed by atoms with Crippen molar-refractivity contribution in [2.45, 2.75) is 19.6 Å². The molecule has 0 aromatic heterocycles. The Morgan fingerprint density at radius 3 is 2.33 bits per heavy atom. The summed E-state index contributed by atoms with van der Waals surface area (Å²) in [7, 11) is 3.19. The van der Waals surface area contributed by atoms with Crippen LogP contribution in [0.5, 0.6) is 0 Å². The highest BCUT2D eigenvalue weighted by Crippen LogP contribution is 1.97. The van der Waals surface area contributed by atoms with Crippen LogP contribution in [0.15, 0.2) is 12.2 Å². The predicted octanol–water partition coefficient (Wildman–Crippen LogP) is 1.59. The van der Waals surface area contributed by atoms with Crippen LogP contribution in [-0.4, -0.2) is 33.7 Å². The molecule has 0 rings (SSSR count). The smallest absolute Gasteiger partial charge is 0.180 e. The van der Waals surface area contributed by atoms with E-state index >= 15 is 0 Å². The van der Waals surface area contributed by atoms with E-state index in [9.17, 15) is 0 Å². The van der Waals surface area contributed by atoms with Crippen molar-refractivity contribution in [3.8, 4) is 0 Å². The molecule has 3 nitrogen and oxygen atoms in total. The van der Waals surface area contributed by atoms with Gasteiger partial charge in [-0.2, -0.15) is 0 Å². The molecule has 0 aliphatic carbocycles. The van der Waals surface area contributed by atoms with Crippen molar-refractivity contribution in [2.75, 3.05) is 27.4 Å². The van der Waals surface area contributed by atoms with Gasteiger partial charge in [-0.05, 0) is 13.3 Å². The van der Waals surface area contributed by atoms with E-state index in [2.05, 4.69) is 6.58 Å². The second-order valence-corrected chi connectivity index (χ2v) is 2.68. The monoisotopic (exact) mass is 174 g/mol. The number of hydrogen-bond acceptors (Lipinski definition) is 3. The minimum atomic E-state index is -0.255. The molecule has 0 atom stereocenters. The molecule has 12 heavy (non-hydrogen) atoms. The fourth-order valence-corrected chi connectivity index (χ4v) is 0.658. The van der Waals surface area contributed by atoms with Crippen molar-refractivity contribution in [1.29, 1.82) is 0 Å². The zero-order valence-electron chi connectivity index (χ0n) is 8.13. The summed E-state index contributed by atoms with van der Waals surface area (Å²) in [5.41, 5.74) is 1.13. The topological polar surface area (TPSA) is 27.7 Å². The van der Waals surface area contributed by atoms with Gasteiger partial charge in [0.1, 0.15) is 0 Å². The Morgan fingerprint density at radius 1 is 1.33 bits per heavy atom. The summed E-state index contributed by atoms with van der Waals surface area (Å²) in [4.78, 5) is 0. The summed E-state index contributed by atoms with van der Waals surface area (Å²) in [6.45, 7) is 6.90. The highest BCUT2D eigenvalue weighted by Gasteiger charge is 2.03. The SMILES string of the molecule is C=C(C)CCOCC(OC)OC.